The molecule has 0 saturated carbocycles. The van der Waals surface area contributed by atoms with Gasteiger partial charge in [0.05, 0.1) is 16.3 Å². The van der Waals surface area contributed by atoms with Crippen molar-refractivity contribution in [2.75, 3.05) is 17.6 Å². The van der Waals surface area contributed by atoms with E-state index in [9.17, 15) is 14.4 Å². The number of carbonyl (C=O) groups excluding carboxylic acids is 3. The topological polar surface area (TPSA) is 113 Å². The van der Waals surface area contributed by atoms with E-state index in [0.717, 1.165) is 22.4 Å². The van der Waals surface area contributed by atoms with Gasteiger partial charge in [-0.15, -0.1) is 22.7 Å². The quantitative estimate of drug-likeness (QED) is 0.211. The van der Waals surface area contributed by atoms with E-state index in [-0.39, 0.29) is 17.7 Å². The fourth-order valence-electron chi connectivity index (χ4n) is 3.70. The predicted molar refractivity (Wildman–Crippen MR) is 151 cm³/mol. The van der Waals surface area contributed by atoms with Gasteiger partial charge in [0.15, 0.2) is 0 Å². The lowest BCUT2D eigenvalue weighted by Crippen LogP contribution is -2.48. The van der Waals surface area contributed by atoms with E-state index >= 15 is 0 Å². The number of thiophene rings is 2. The van der Waals surface area contributed by atoms with Gasteiger partial charge in [-0.05, 0) is 64.7 Å². The molecule has 1 atom stereocenters. The molecule has 0 spiro atoms. The average molecular weight is 533 g/mol. The van der Waals surface area contributed by atoms with E-state index in [0.29, 0.717) is 34.8 Å². The van der Waals surface area contributed by atoms with Crippen LogP contribution in [0.3, 0.4) is 0 Å². The molecule has 2 heterocycles. The predicted octanol–water partition coefficient (Wildman–Crippen LogP) is 5.18. The fourth-order valence-corrected chi connectivity index (χ4v) is 5.05. The second kappa shape index (κ2) is 12.3. The van der Waals surface area contributed by atoms with Crippen LogP contribution in [-0.2, 0) is 11.2 Å². The van der Waals surface area contributed by atoms with Crippen LogP contribution in [0.25, 0.3) is 10.4 Å². The molecule has 2 aromatic heterocycles. The summed E-state index contributed by atoms with van der Waals surface area (Å²) in [4.78, 5) is 39.9. The summed E-state index contributed by atoms with van der Waals surface area (Å²) in [6, 6.07) is 19.3. The molecule has 0 aliphatic carbocycles. The third-order valence-corrected chi connectivity index (χ3v) is 7.47. The van der Waals surface area contributed by atoms with Crippen LogP contribution in [0.2, 0.25) is 0 Å². The summed E-state index contributed by atoms with van der Waals surface area (Å²) in [5.41, 5.74) is 9.38. The Morgan fingerprint density at radius 1 is 0.919 bits per heavy atom. The van der Waals surface area contributed by atoms with Crippen molar-refractivity contribution in [2.24, 2.45) is 0 Å². The zero-order chi connectivity index (χ0) is 26.2. The van der Waals surface area contributed by atoms with Gasteiger partial charge in [-0.25, -0.2) is 0 Å². The van der Waals surface area contributed by atoms with Gasteiger partial charge in [0, 0.05) is 23.4 Å². The number of anilines is 2. The molecule has 0 aliphatic rings. The molecule has 0 unspecified atom stereocenters. The van der Waals surface area contributed by atoms with Crippen LogP contribution in [0, 0.1) is 0 Å². The first kappa shape index (κ1) is 26.1. The Kier molecular flexibility index (Phi) is 8.71. The summed E-state index contributed by atoms with van der Waals surface area (Å²) in [7, 11) is 0. The third kappa shape index (κ3) is 6.84. The molecule has 4 rings (SSSR count). The molecule has 9 heteroatoms. The first-order valence-electron chi connectivity index (χ1n) is 11.9. The zero-order valence-corrected chi connectivity index (χ0v) is 22.0. The van der Waals surface area contributed by atoms with Crippen LogP contribution in [0.15, 0.2) is 77.5 Å². The number of hydrogen-bond acceptors (Lipinski definition) is 6. The van der Waals surface area contributed by atoms with Gasteiger partial charge in [-0.2, -0.15) is 0 Å². The van der Waals surface area contributed by atoms with E-state index < -0.39 is 6.04 Å². The van der Waals surface area contributed by atoms with Crippen LogP contribution in [0.5, 0.6) is 0 Å². The summed E-state index contributed by atoms with van der Waals surface area (Å²) < 4.78 is 0. The second-order valence-corrected chi connectivity index (χ2v) is 10.3. The molecule has 37 heavy (non-hydrogen) atoms. The maximum absolute atomic E-state index is 12.9. The molecule has 2 aromatic carbocycles. The molecule has 0 radical (unpaired) electrons. The van der Waals surface area contributed by atoms with Crippen molar-refractivity contribution >= 4 is 51.8 Å². The minimum Gasteiger partial charge on any atom is -0.397 e. The Labute approximate surface area is 223 Å². The first-order valence-corrected chi connectivity index (χ1v) is 13.7. The maximum atomic E-state index is 12.9. The van der Waals surface area contributed by atoms with Gasteiger partial charge in [0.2, 0.25) is 5.91 Å². The summed E-state index contributed by atoms with van der Waals surface area (Å²) in [6.07, 6.45) is 1.09. The number of rotatable bonds is 10. The fraction of sp³-hybridized carbons (Fsp3) is 0.179. The monoisotopic (exact) mass is 532 g/mol. The Morgan fingerprint density at radius 2 is 1.68 bits per heavy atom. The van der Waals surface area contributed by atoms with Crippen LogP contribution in [0.1, 0.15) is 38.9 Å². The summed E-state index contributed by atoms with van der Waals surface area (Å²) in [5.74, 6) is -0.815. The molecular formula is C28H28N4O3S2. The van der Waals surface area contributed by atoms with Crippen molar-refractivity contribution in [2.45, 2.75) is 25.8 Å². The molecule has 0 saturated heterocycles. The molecular weight excluding hydrogens is 504 g/mol. The van der Waals surface area contributed by atoms with Crippen molar-refractivity contribution in [3.05, 3.63) is 93.5 Å². The molecule has 190 valence electrons. The number of carbonyl (C=O) groups is 3. The highest BCUT2D eigenvalue weighted by Crippen LogP contribution is 2.30. The number of nitrogen functional groups attached to an aromatic ring is 1. The minimum atomic E-state index is -0.736. The van der Waals surface area contributed by atoms with Crippen molar-refractivity contribution in [1.82, 2.24) is 10.6 Å². The number of amides is 3. The number of hydrogen-bond donors (Lipinski definition) is 4. The largest absolute Gasteiger partial charge is 0.397 e. The highest BCUT2D eigenvalue weighted by Gasteiger charge is 2.22. The van der Waals surface area contributed by atoms with Gasteiger partial charge in [0.25, 0.3) is 11.8 Å². The number of nitrogens with two attached hydrogens (primary N) is 1. The molecule has 0 bridgehead atoms. The van der Waals surface area contributed by atoms with Crippen LogP contribution in [-0.4, -0.2) is 30.3 Å². The lowest BCUT2D eigenvalue weighted by molar-refractivity contribution is -0.122. The van der Waals surface area contributed by atoms with Crippen molar-refractivity contribution in [3.8, 4) is 10.4 Å². The van der Waals surface area contributed by atoms with E-state index in [1.165, 1.54) is 11.3 Å². The molecule has 4 aromatic rings. The minimum absolute atomic E-state index is 0.241. The Hall–Kier alpha value is -3.95. The molecule has 0 aliphatic heterocycles. The van der Waals surface area contributed by atoms with Gasteiger partial charge < -0.3 is 21.7 Å². The lowest BCUT2D eigenvalue weighted by Gasteiger charge is -2.18. The number of nitrogens with one attached hydrogen (secondary N) is 3. The standard InChI is InChI=1S/C28H28N4O3S2/c1-2-13-30-27(34)23(32-28(35)25-6-4-15-37-25)16-18-7-9-19(10-8-18)26(33)31-22-17-20(11-12-21(22)29)24-5-3-14-36-24/h3-12,14-15,17,23H,2,13,16,29H2,1H3,(H,30,34)(H,31,33)(H,32,35)/t23-/m0/s1. The smallest absolute Gasteiger partial charge is 0.262 e. The van der Waals surface area contributed by atoms with Crippen LogP contribution in [0.4, 0.5) is 11.4 Å². The highest BCUT2D eigenvalue weighted by molar-refractivity contribution is 7.13. The van der Waals surface area contributed by atoms with Gasteiger partial charge >= 0.3 is 0 Å². The second-order valence-electron chi connectivity index (χ2n) is 8.43. The normalized spacial score (nSPS) is 11.5. The first-order chi connectivity index (χ1) is 17.9. The van der Waals surface area contributed by atoms with Gasteiger partial charge in [0.1, 0.15) is 6.04 Å². The van der Waals surface area contributed by atoms with Crippen LogP contribution < -0.4 is 21.7 Å². The Balaban J connectivity index is 1.44. The Morgan fingerprint density at radius 3 is 2.35 bits per heavy atom. The molecule has 3 amide bonds. The maximum Gasteiger partial charge on any atom is 0.262 e. The van der Waals surface area contributed by atoms with Crippen LogP contribution >= 0.6 is 22.7 Å². The van der Waals surface area contributed by atoms with E-state index in [2.05, 4.69) is 16.0 Å². The molecule has 0 fully saturated rings. The van der Waals surface area contributed by atoms with Crippen molar-refractivity contribution in [3.63, 3.8) is 0 Å². The molecule has 7 nitrogen and oxygen atoms in total. The SMILES string of the molecule is CCCNC(=O)[C@H](Cc1ccc(C(=O)Nc2cc(-c3cccs3)ccc2N)cc1)NC(=O)c1cccs1. The molecule has 5 N–H and O–H groups in total. The van der Waals surface area contributed by atoms with E-state index in [1.54, 1.807) is 53.8 Å². The average Bonchev–Trinajstić information content (AvgIpc) is 3.63. The highest BCUT2D eigenvalue weighted by atomic mass is 32.1. The summed E-state index contributed by atoms with van der Waals surface area (Å²) >= 11 is 2.93. The third-order valence-electron chi connectivity index (χ3n) is 5.68. The Bertz CT molecular complexity index is 1350. The van der Waals surface area contributed by atoms with E-state index in [4.69, 9.17) is 5.73 Å². The zero-order valence-electron chi connectivity index (χ0n) is 20.3. The lowest BCUT2D eigenvalue weighted by atomic mass is 10.0. The van der Waals surface area contributed by atoms with E-state index in [1.807, 2.05) is 41.9 Å². The van der Waals surface area contributed by atoms with Crippen molar-refractivity contribution in [1.29, 1.82) is 0 Å². The summed E-state index contributed by atoms with van der Waals surface area (Å²) in [6.45, 7) is 2.50. The number of benzene rings is 2. The van der Waals surface area contributed by atoms with Gasteiger partial charge in [-0.3, -0.25) is 14.4 Å². The van der Waals surface area contributed by atoms with Crippen molar-refractivity contribution < 1.29 is 14.4 Å². The summed E-state index contributed by atoms with van der Waals surface area (Å²) in [5, 5.41) is 12.4. The van der Waals surface area contributed by atoms with Gasteiger partial charge in [-0.1, -0.05) is 37.3 Å².